The van der Waals surface area contributed by atoms with Crippen LogP contribution in [0.1, 0.15) is 5.56 Å². The Morgan fingerprint density at radius 2 is 2.27 bits per heavy atom. The molecule has 2 aromatic rings. The number of benzene rings is 1. The summed E-state index contributed by atoms with van der Waals surface area (Å²) < 4.78 is 6.42. The number of methoxy groups -OCH3 is 1. The highest BCUT2D eigenvalue weighted by molar-refractivity contribution is 14.1. The number of H-pyrrole nitrogens is 1. The highest BCUT2D eigenvalue weighted by Crippen LogP contribution is 2.28. The summed E-state index contributed by atoms with van der Waals surface area (Å²) in [4.78, 5) is 3.25. The van der Waals surface area contributed by atoms with E-state index in [1.54, 1.807) is 7.11 Å². The number of hydrogen-bond acceptors (Lipinski definition) is 2. The molecular weight excluding hydrogens is 303 g/mol. The van der Waals surface area contributed by atoms with E-state index in [9.17, 15) is 0 Å². The molecule has 0 spiro atoms. The lowest BCUT2D eigenvalue weighted by molar-refractivity contribution is 0.412. The minimum atomic E-state index is 0.668. The molecule has 0 amide bonds. The molecule has 0 saturated carbocycles. The number of nitrogens with two attached hydrogens (primary N) is 1. The molecule has 1 aromatic carbocycles. The third-order valence-electron chi connectivity index (χ3n) is 2.45. The molecule has 0 radical (unpaired) electrons. The smallest absolute Gasteiger partial charge is 0.132 e. The highest BCUT2D eigenvalue weighted by atomic mass is 127. The second-order valence-electron chi connectivity index (χ2n) is 3.38. The molecule has 0 unspecified atom stereocenters. The summed E-state index contributed by atoms with van der Waals surface area (Å²) in [6.45, 7) is 0.668. The molecule has 0 bridgehead atoms. The van der Waals surface area contributed by atoms with Crippen molar-refractivity contribution in [3.05, 3.63) is 27.5 Å². The van der Waals surface area contributed by atoms with Gasteiger partial charge in [-0.05, 0) is 53.3 Å². The van der Waals surface area contributed by atoms with E-state index in [-0.39, 0.29) is 0 Å². The SMILES string of the molecule is COc1cc2c(CCN)c[nH]c2cc1I. The maximum Gasteiger partial charge on any atom is 0.132 e. The van der Waals surface area contributed by atoms with E-state index in [2.05, 4.69) is 39.7 Å². The summed E-state index contributed by atoms with van der Waals surface area (Å²) in [5.74, 6) is 0.918. The van der Waals surface area contributed by atoms with Crippen LogP contribution in [0.5, 0.6) is 5.75 Å². The summed E-state index contributed by atoms with van der Waals surface area (Å²) in [5.41, 5.74) is 7.96. The fourth-order valence-corrected chi connectivity index (χ4v) is 2.39. The number of rotatable bonds is 3. The van der Waals surface area contributed by atoms with Crippen LogP contribution in [0.3, 0.4) is 0 Å². The average Bonchev–Trinajstić information content (AvgIpc) is 2.60. The Bertz CT molecular complexity index is 479. The van der Waals surface area contributed by atoms with Crippen molar-refractivity contribution in [3.63, 3.8) is 0 Å². The summed E-state index contributed by atoms with van der Waals surface area (Å²) in [5, 5.41) is 1.21. The largest absolute Gasteiger partial charge is 0.496 e. The van der Waals surface area contributed by atoms with Crippen molar-refractivity contribution in [1.29, 1.82) is 0 Å². The van der Waals surface area contributed by atoms with Gasteiger partial charge >= 0.3 is 0 Å². The fourth-order valence-electron chi connectivity index (χ4n) is 1.70. The Morgan fingerprint density at radius 1 is 1.47 bits per heavy atom. The quantitative estimate of drug-likeness (QED) is 0.854. The van der Waals surface area contributed by atoms with Crippen LogP contribution in [-0.2, 0) is 6.42 Å². The zero-order chi connectivity index (χ0) is 10.8. The van der Waals surface area contributed by atoms with Gasteiger partial charge in [0.05, 0.1) is 10.7 Å². The lowest BCUT2D eigenvalue weighted by Crippen LogP contribution is -2.01. The van der Waals surface area contributed by atoms with Gasteiger partial charge < -0.3 is 15.5 Å². The molecule has 0 aliphatic heterocycles. The third kappa shape index (κ3) is 1.96. The number of ether oxygens (including phenoxy) is 1. The Morgan fingerprint density at radius 3 is 2.93 bits per heavy atom. The monoisotopic (exact) mass is 316 g/mol. The molecule has 0 saturated heterocycles. The molecule has 3 nitrogen and oxygen atoms in total. The summed E-state index contributed by atoms with van der Waals surface area (Å²) >= 11 is 2.27. The highest BCUT2D eigenvalue weighted by Gasteiger charge is 2.07. The Balaban J connectivity index is 2.58. The predicted octanol–water partition coefficient (Wildman–Crippen LogP) is 2.28. The lowest BCUT2D eigenvalue weighted by atomic mass is 10.1. The number of halogens is 1. The van der Waals surface area contributed by atoms with E-state index in [1.165, 1.54) is 10.9 Å². The van der Waals surface area contributed by atoms with Gasteiger partial charge in [-0.15, -0.1) is 0 Å². The molecule has 1 aromatic heterocycles. The molecule has 0 fully saturated rings. The van der Waals surface area contributed by atoms with E-state index >= 15 is 0 Å². The van der Waals surface area contributed by atoms with Crippen LogP contribution in [0.15, 0.2) is 18.3 Å². The van der Waals surface area contributed by atoms with Crippen molar-refractivity contribution in [2.24, 2.45) is 5.73 Å². The molecule has 0 atom stereocenters. The fraction of sp³-hybridized carbons (Fsp3) is 0.273. The van der Waals surface area contributed by atoms with Gasteiger partial charge in [-0.1, -0.05) is 0 Å². The number of nitrogens with one attached hydrogen (secondary N) is 1. The van der Waals surface area contributed by atoms with Gasteiger partial charge in [-0.25, -0.2) is 0 Å². The number of aromatic amines is 1. The van der Waals surface area contributed by atoms with E-state index in [4.69, 9.17) is 10.5 Å². The average molecular weight is 316 g/mol. The Kier molecular flexibility index (Phi) is 3.16. The van der Waals surface area contributed by atoms with Crippen molar-refractivity contribution in [2.45, 2.75) is 6.42 Å². The zero-order valence-corrected chi connectivity index (χ0v) is 10.7. The minimum Gasteiger partial charge on any atom is -0.496 e. The topological polar surface area (TPSA) is 51.0 Å². The zero-order valence-electron chi connectivity index (χ0n) is 8.51. The Hall–Kier alpha value is -0.750. The van der Waals surface area contributed by atoms with Gasteiger partial charge in [0.2, 0.25) is 0 Å². The summed E-state index contributed by atoms with van der Waals surface area (Å²) in [6, 6.07) is 4.16. The van der Waals surface area contributed by atoms with Gasteiger partial charge in [0, 0.05) is 17.1 Å². The molecule has 1 heterocycles. The van der Waals surface area contributed by atoms with Crippen molar-refractivity contribution >= 4 is 33.5 Å². The second-order valence-corrected chi connectivity index (χ2v) is 4.55. The molecule has 0 aliphatic carbocycles. The molecule has 80 valence electrons. The predicted molar refractivity (Wildman–Crippen MR) is 70.3 cm³/mol. The van der Waals surface area contributed by atoms with Gasteiger partial charge in [-0.3, -0.25) is 0 Å². The van der Waals surface area contributed by atoms with Crippen LogP contribution < -0.4 is 10.5 Å². The molecule has 4 heteroatoms. The van der Waals surface area contributed by atoms with Crippen LogP contribution in [0.25, 0.3) is 10.9 Å². The maximum absolute atomic E-state index is 5.56. The molecule has 2 rings (SSSR count). The van der Waals surface area contributed by atoms with Crippen molar-refractivity contribution < 1.29 is 4.74 Å². The van der Waals surface area contributed by atoms with Gasteiger partial charge in [0.25, 0.3) is 0 Å². The van der Waals surface area contributed by atoms with E-state index < -0.39 is 0 Å². The van der Waals surface area contributed by atoms with Crippen LogP contribution in [0.2, 0.25) is 0 Å². The van der Waals surface area contributed by atoms with Gasteiger partial charge in [-0.2, -0.15) is 0 Å². The summed E-state index contributed by atoms with van der Waals surface area (Å²) in [6.07, 6.45) is 2.91. The first-order chi connectivity index (χ1) is 7.26. The number of fused-ring (bicyclic) bond motifs is 1. The van der Waals surface area contributed by atoms with Crippen LogP contribution >= 0.6 is 22.6 Å². The van der Waals surface area contributed by atoms with Crippen LogP contribution in [-0.4, -0.2) is 18.6 Å². The first kappa shape index (κ1) is 10.8. The molecule has 0 aliphatic rings. The first-order valence-corrected chi connectivity index (χ1v) is 5.87. The van der Waals surface area contributed by atoms with E-state index in [1.807, 2.05) is 6.20 Å². The second kappa shape index (κ2) is 4.40. The van der Waals surface area contributed by atoms with E-state index in [0.717, 1.165) is 21.3 Å². The van der Waals surface area contributed by atoms with Gasteiger partial charge in [0.1, 0.15) is 5.75 Å². The van der Waals surface area contributed by atoms with E-state index in [0.29, 0.717) is 6.54 Å². The number of hydrogen-bond donors (Lipinski definition) is 2. The van der Waals surface area contributed by atoms with Crippen molar-refractivity contribution in [2.75, 3.05) is 13.7 Å². The van der Waals surface area contributed by atoms with Gasteiger partial charge in [0.15, 0.2) is 0 Å². The minimum absolute atomic E-state index is 0.668. The number of aromatic nitrogens is 1. The normalized spacial score (nSPS) is 10.9. The molecular formula is C11H13IN2O. The maximum atomic E-state index is 5.56. The summed E-state index contributed by atoms with van der Waals surface area (Å²) in [7, 11) is 1.69. The van der Waals surface area contributed by atoms with Crippen molar-refractivity contribution in [3.8, 4) is 5.75 Å². The van der Waals surface area contributed by atoms with Crippen molar-refractivity contribution in [1.82, 2.24) is 4.98 Å². The molecule has 3 N–H and O–H groups in total. The first-order valence-electron chi connectivity index (χ1n) is 4.80. The molecule has 15 heavy (non-hydrogen) atoms. The Labute approximate surface area is 102 Å². The third-order valence-corrected chi connectivity index (χ3v) is 3.30. The van der Waals surface area contributed by atoms with Crippen LogP contribution in [0, 0.1) is 3.57 Å². The standard InChI is InChI=1S/C11H13IN2O/c1-15-11-4-8-7(2-3-13)6-14-10(8)5-9(11)12/h4-6,14H,2-3,13H2,1H3. The van der Waals surface area contributed by atoms with Crippen LogP contribution in [0.4, 0.5) is 0 Å². The lowest BCUT2D eigenvalue weighted by Gasteiger charge is -2.04.